The third-order valence-corrected chi connectivity index (χ3v) is 3.11. The van der Waals surface area contributed by atoms with Crippen LogP contribution in [-0.2, 0) is 0 Å². The van der Waals surface area contributed by atoms with Crippen molar-refractivity contribution >= 4 is 17.5 Å². The van der Waals surface area contributed by atoms with Crippen molar-refractivity contribution < 1.29 is 13.9 Å². The Morgan fingerprint density at radius 2 is 2.05 bits per heavy atom. The van der Waals surface area contributed by atoms with Crippen molar-refractivity contribution in [3.63, 3.8) is 0 Å². The summed E-state index contributed by atoms with van der Waals surface area (Å²) in [7, 11) is 1.69. The van der Waals surface area contributed by atoms with Crippen LogP contribution in [-0.4, -0.2) is 31.0 Å². The zero-order chi connectivity index (χ0) is 14.5. The summed E-state index contributed by atoms with van der Waals surface area (Å²) in [5, 5.41) is 0.206. The van der Waals surface area contributed by atoms with Gasteiger partial charge in [0.15, 0.2) is 11.0 Å². The molecule has 1 amide bonds. The van der Waals surface area contributed by atoms with E-state index in [0.717, 1.165) is 11.3 Å². The Bertz CT molecular complexity index is 594. The van der Waals surface area contributed by atoms with Gasteiger partial charge in [-0.05, 0) is 42.3 Å². The third kappa shape index (κ3) is 3.54. The summed E-state index contributed by atoms with van der Waals surface area (Å²) in [5.74, 6) is 0.841. The van der Waals surface area contributed by atoms with Crippen LogP contribution >= 0.6 is 11.6 Å². The zero-order valence-electron chi connectivity index (χ0n) is 11.4. The maximum absolute atomic E-state index is 12.0. The lowest BCUT2D eigenvalue weighted by atomic mass is 10.2. The molecule has 4 nitrogen and oxygen atoms in total. The molecule has 0 unspecified atom stereocenters. The van der Waals surface area contributed by atoms with Crippen LogP contribution in [0.25, 0.3) is 0 Å². The van der Waals surface area contributed by atoms with Gasteiger partial charge >= 0.3 is 0 Å². The van der Waals surface area contributed by atoms with Crippen LogP contribution in [0.15, 0.2) is 40.8 Å². The lowest BCUT2D eigenvalue weighted by Crippen LogP contribution is -2.30. The average molecular weight is 294 g/mol. The molecule has 1 aromatic carbocycles. The number of carbonyl (C=O) groups is 1. The molecule has 0 spiro atoms. The first kappa shape index (κ1) is 14.5. The fourth-order valence-electron chi connectivity index (χ4n) is 1.73. The van der Waals surface area contributed by atoms with Gasteiger partial charge in [-0.2, -0.15) is 0 Å². The summed E-state index contributed by atoms with van der Waals surface area (Å²) in [5.41, 5.74) is 1.07. The normalized spacial score (nSPS) is 10.3. The lowest BCUT2D eigenvalue weighted by molar-refractivity contribution is 0.0742. The van der Waals surface area contributed by atoms with Crippen LogP contribution in [0, 0.1) is 6.92 Å². The monoisotopic (exact) mass is 293 g/mol. The number of furan rings is 1. The van der Waals surface area contributed by atoms with Crippen LogP contribution in [0.4, 0.5) is 0 Å². The van der Waals surface area contributed by atoms with Crippen molar-refractivity contribution in [2.75, 3.05) is 20.2 Å². The maximum atomic E-state index is 12.0. The van der Waals surface area contributed by atoms with Crippen molar-refractivity contribution in [3.8, 4) is 5.75 Å². The van der Waals surface area contributed by atoms with Crippen LogP contribution in [0.3, 0.4) is 0 Å². The number of nitrogens with zero attached hydrogens (tertiary/aromatic N) is 1. The van der Waals surface area contributed by atoms with E-state index in [4.69, 9.17) is 20.8 Å². The number of para-hydroxylation sites is 1. The van der Waals surface area contributed by atoms with Gasteiger partial charge in [-0.15, -0.1) is 0 Å². The minimum Gasteiger partial charge on any atom is -0.491 e. The third-order valence-electron chi connectivity index (χ3n) is 2.91. The van der Waals surface area contributed by atoms with Gasteiger partial charge in [0.05, 0.1) is 6.54 Å². The predicted molar refractivity (Wildman–Crippen MR) is 77.4 cm³/mol. The van der Waals surface area contributed by atoms with E-state index in [0.29, 0.717) is 13.2 Å². The lowest BCUT2D eigenvalue weighted by Gasteiger charge is -2.16. The number of benzene rings is 1. The molecule has 106 valence electrons. The maximum Gasteiger partial charge on any atom is 0.289 e. The van der Waals surface area contributed by atoms with Crippen molar-refractivity contribution in [1.82, 2.24) is 4.90 Å². The Morgan fingerprint density at radius 1 is 1.30 bits per heavy atom. The van der Waals surface area contributed by atoms with E-state index in [1.807, 2.05) is 31.2 Å². The van der Waals surface area contributed by atoms with E-state index in [-0.39, 0.29) is 16.9 Å². The highest BCUT2D eigenvalue weighted by molar-refractivity contribution is 6.29. The molecule has 0 fully saturated rings. The first-order valence-corrected chi connectivity index (χ1v) is 6.65. The largest absolute Gasteiger partial charge is 0.491 e. The summed E-state index contributed by atoms with van der Waals surface area (Å²) in [4.78, 5) is 13.5. The van der Waals surface area contributed by atoms with E-state index in [1.165, 1.54) is 4.90 Å². The van der Waals surface area contributed by atoms with Crippen LogP contribution in [0.2, 0.25) is 5.22 Å². The van der Waals surface area contributed by atoms with Gasteiger partial charge in [0.2, 0.25) is 0 Å². The number of aryl methyl sites for hydroxylation is 1. The highest BCUT2D eigenvalue weighted by Crippen LogP contribution is 2.17. The molecule has 0 bridgehead atoms. The van der Waals surface area contributed by atoms with E-state index in [9.17, 15) is 4.79 Å². The number of likely N-dealkylation sites (N-methyl/N-ethyl adjacent to an activating group) is 1. The number of carbonyl (C=O) groups excluding carboxylic acids is 1. The topological polar surface area (TPSA) is 42.7 Å². The van der Waals surface area contributed by atoms with Crippen LogP contribution in [0.5, 0.6) is 5.75 Å². The molecule has 1 aromatic heterocycles. The highest BCUT2D eigenvalue weighted by Gasteiger charge is 2.15. The summed E-state index contributed by atoms with van der Waals surface area (Å²) >= 11 is 5.65. The van der Waals surface area contributed by atoms with E-state index < -0.39 is 0 Å². The molecule has 1 heterocycles. The Morgan fingerprint density at radius 3 is 2.70 bits per heavy atom. The molecular formula is C15H16ClNO3. The molecule has 0 aliphatic carbocycles. The molecule has 0 N–H and O–H groups in total. The quantitative estimate of drug-likeness (QED) is 0.848. The van der Waals surface area contributed by atoms with E-state index >= 15 is 0 Å². The van der Waals surface area contributed by atoms with E-state index in [1.54, 1.807) is 19.2 Å². The van der Waals surface area contributed by atoms with Gasteiger partial charge in [-0.25, -0.2) is 0 Å². The SMILES string of the molecule is Cc1ccccc1OCCN(C)C(=O)c1ccc(Cl)o1. The first-order valence-electron chi connectivity index (χ1n) is 6.27. The van der Waals surface area contributed by atoms with Crippen molar-refractivity contribution in [1.29, 1.82) is 0 Å². The Balaban J connectivity index is 1.85. The number of amides is 1. The van der Waals surface area contributed by atoms with E-state index in [2.05, 4.69) is 0 Å². The van der Waals surface area contributed by atoms with Crippen molar-refractivity contribution in [2.45, 2.75) is 6.92 Å². The number of hydrogen-bond acceptors (Lipinski definition) is 3. The van der Waals surface area contributed by atoms with Gasteiger partial charge in [0.1, 0.15) is 12.4 Å². The molecule has 0 saturated carbocycles. The van der Waals surface area contributed by atoms with Crippen LogP contribution in [0.1, 0.15) is 16.1 Å². The molecule has 2 rings (SSSR count). The first-order chi connectivity index (χ1) is 9.58. The minimum absolute atomic E-state index is 0.206. The van der Waals surface area contributed by atoms with Gasteiger partial charge in [0.25, 0.3) is 5.91 Å². The average Bonchev–Trinajstić information content (AvgIpc) is 2.86. The molecule has 2 aromatic rings. The van der Waals surface area contributed by atoms with Gasteiger partial charge in [0, 0.05) is 7.05 Å². The van der Waals surface area contributed by atoms with Gasteiger partial charge in [-0.3, -0.25) is 4.79 Å². The summed E-state index contributed by atoms with van der Waals surface area (Å²) < 4.78 is 10.7. The summed E-state index contributed by atoms with van der Waals surface area (Å²) in [6.45, 7) is 2.86. The summed E-state index contributed by atoms with van der Waals surface area (Å²) in [6, 6.07) is 10.9. The highest BCUT2D eigenvalue weighted by atomic mass is 35.5. The Hall–Kier alpha value is -1.94. The Labute approximate surface area is 122 Å². The molecular weight excluding hydrogens is 278 g/mol. The fraction of sp³-hybridized carbons (Fsp3) is 0.267. The van der Waals surface area contributed by atoms with Crippen molar-refractivity contribution in [2.24, 2.45) is 0 Å². The Kier molecular flexibility index (Phi) is 4.69. The molecule has 0 aliphatic heterocycles. The second-order valence-electron chi connectivity index (χ2n) is 4.44. The number of ether oxygens (including phenoxy) is 1. The molecule has 0 aliphatic rings. The standard InChI is InChI=1S/C15H16ClNO3/c1-11-5-3-4-6-12(11)19-10-9-17(2)15(18)13-7-8-14(16)20-13/h3-8H,9-10H2,1-2H3. The molecule has 0 radical (unpaired) electrons. The fourth-order valence-corrected chi connectivity index (χ4v) is 1.88. The second-order valence-corrected chi connectivity index (χ2v) is 4.82. The second kappa shape index (κ2) is 6.48. The number of hydrogen-bond donors (Lipinski definition) is 0. The number of rotatable bonds is 5. The molecule has 5 heteroatoms. The predicted octanol–water partition coefficient (Wildman–Crippen LogP) is 3.39. The van der Waals surface area contributed by atoms with Crippen molar-refractivity contribution in [3.05, 3.63) is 52.9 Å². The molecule has 20 heavy (non-hydrogen) atoms. The smallest absolute Gasteiger partial charge is 0.289 e. The molecule has 0 atom stereocenters. The van der Waals surface area contributed by atoms with Crippen LogP contribution < -0.4 is 4.74 Å². The minimum atomic E-state index is -0.217. The van der Waals surface area contributed by atoms with Gasteiger partial charge in [-0.1, -0.05) is 18.2 Å². The van der Waals surface area contributed by atoms with Gasteiger partial charge < -0.3 is 14.1 Å². The summed E-state index contributed by atoms with van der Waals surface area (Å²) in [6.07, 6.45) is 0. The number of halogens is 1. The molecule has 0 saturated heterocycles. The zero-order valence-corrected chi connectivity index (χ0v) is 12.2.